The highest BCUT2D eigenvalue weighted by molar-refractivity contribution is 5.98. The first-order chi connectivity index (χ1) is 17.3. The van der Waals surface area contributed by atoms with Crippen LogP contribution < -0.4 is 11.4 Å². The number of carbonyl (C=O) groups excluding carboxylic acids is 1. The molecule has 0 amide bonds. The minimum atomic E-state index is -0.874. The quantitative estimate of drug-likeness (QED) is 0.577. The molecule has 0 radical (unpaired) electrons. The highest BCUT2D eigenvalue weighted by atomic mass is 16.7. The summed E-state index contributed by atoms with van der Waals surface area (Å²) in [6.45, 7) is 5.45. The molecule has 3 spiro atoms. The standard InChI is InChI=1S/C28H27N3O5/c1-25(2)11-35-28(36-12-25)19-15-10-14-18(19)22(32)26-16-8-9-17(27(26,28)21(15)20(14)26)31-24(34)29(23(33)30(16)31)13-6-4-3-5-7-13/h3-9,14-21H,10-12H2,1-2H3/t14-,15+,16-,17+,18-,19+,20+,21-,26+,27+/m0/s1. The Hall–Kier alpha value is -2.71. The third kappa shape index (κ3) is 1.42. The molecule has 4 heterocycles. The van der Waals surface area contributed by atoms with Crippen LogP contribution in [0.5, 0.6) is 0 Å². The summed E-state index contributed by atoms with van der Waals surface area (Å²) in [4.78, 5) is 42.5. The zero-order chi connectivity index (χ0) is 24.1. The number of allylic oxidation sites excluding steroid dienone is 2. The molecule has 9 aliphatic rings. The van der Waals surface area contributed by atoms with Gasteiger partial charge in [0.05, 0.1) is 41.8 Å². The minimum absolute atomic E-state index is 0.0482. The van der Waals surface area contributed by atoms with Crippen molar-refractivity contribution in [1.29, 1.82) is 0 Å². The maximum Gasteiger partial charge on any atom is 0.352 e. The Morgan fingerprint density at radius 2 is 1.50 bits per heavy atom. The molecule has 6 aliphatic carbocycles. The topological polar surface area (TPSA) is 84.5 Å². The number of para-hydroxylation sites is 1. The third-order valence-corrected chi connectivity index (χ3v) is 11.9. The van der Waals surface area contributed by atoms with Crippen molar-refractivity contribution in [3.05, 3.63) is 63.5 Å². The van der Waals surface area contributed by atoms with Gasteiger partial charge in [-0.1, -0.05) is 44.2 Å². The molecule has 184 valence electrons. The lowest BCUT2D eigenvalue weighted by Gasteiger charge is -2.76. The van der Waals surface area contributed by atoms with Crippen molar-refractivity contribution in [2.24, 2.45) is 51.8 Å². The Balaban J connectivity index is 1.30. The number of fused-ring (bicyclic) bond motifs is 2. The highest BCUT2D eigenvalue weighted by Gasteiger charge is 3.04. The Bertz CT molecular complexity index is 1590. The molecule has 1 saturated heterocycles. The number of Topliss-reactive ketones (excluding diaryl/α,β-unsaturated/α-hetero) is 1. The number of hydrogen-bond acceptors (Lipinski definition) is 5. The van der Waals surface area contributed by atoms with Crippen LogP contribution in [0.2, 0.25) is 0 Å². The summed E-state index contributed by atoms with van der Waals surface area (Å²) < 4.78 is 18.4. The molecule has 8 nitrogen and oxygen atoms in total. The number of aromatic nitrogens is 3. The lowest BCUT2D eigenvalue weighted by Crippen LogP contribution is -2.83. The van der Waals surface area contributed by atoms with Gasteiger partial charge in [0.1, 0.15) is 5.78 Å². The predicted octanol–water partition coefficient (Wildman–Crippen LogP) is 1.93. The summed E-state index contributed by atoms with van der Waals surface area (Å²) >= 11 is 0. The number of nitrogens with zero attached hydrogens (tertiary/aromatic N) is 3. The van der Waals surface area contributed by atoms with Crippen molar-refractivity contribution in [1.82, 2.24) is 13.9 Å². The first kappa shape index (κ1) is 19.4. The molecule has 36 heavy (non-hydrogen) atoms. The van der Waals surface area contributed by atoms with E-state index in [4.69, 9.17) is 9.47 Å². The van der Waals surface area contributed by atoms with E-state index in [0.717, 1.165) is 6.42 Å². The number of ketones is 1. The second kappa shape index (κ2) is 5.16. The molecule has 5 saturated carbocycles. The molecule has 0 N–H and O–H groups in total. The first-order valence-corrected chi connectivity index (χ1v) is 13.3. The second-order valence-corrected chi connectivity index (χ2v) is 13.4. The maximum absolute atomic E-state index is 14.5. The van der Waals surface area contributed by atoms with E-state index in [2.05, 4.69) is 19.9 Å². The lowest BCUT2D eigenvalue weighted by molar-refractivity contribution is -0.422. The largest absolute Gasteiger partial charge is 0.352 e. The molecular formula is C28H27N3O5. The van der Waals surface area contributed by atoms with Crippen molar-refractivity contribution in [3.8, 4) is 5.69 Å². The number of hydrogen-bond donors (Lipinski definition) is 0. The SMILES string of the molecule is CC1(C)COC2(OC1)[C@@H]1[C@H]3C[C@H]4[C@@H]1C(=O)[C@@]15[C@H]4[C@H]3[C@@]21[C@H]1C=C[C@@H]5n2c(=O)n(-c3ccccc3)c(=O)n21. The molecule has 6 fully saturated rings. The van der Waals surface area contributed by atoms with Crippen LogP contribution in [0.4, 0.5) is 0 Å². The van der Waals surface area contributed by atoms with Crippen LogP contribution in [0.1, 0.15) is 32.4 Å². The van der Waals surface area contributed by atoms with E-state index < -0.39 is 28.7 Å². The fourth-order valence-corrected chi connectivity index (χ4v) is 11.6. The first-order valence-electron chi connectivity index (χ1n) is 13.3. The van der Waals surface area contributed by atoms with Gasteiger partial charge in [-0.3, -0.25) is 4.79 Å². The van der Waals surface area contributed by atoms with E-state index in [1.807, 2.05) is 24.3 Å². The predicted molar refractivity (Wildman–Crippen MR) is 125 cm³/mol. The van der Waals surface area contributed by atoms with Crippen LogP contribution in [0, 0.1) is 51.8 Å². The van der Waals surface area contributed by atoms with Gasteiger partial charge in [0, 0.05) is 17.3 Å². The Labute approximate surface area is 206 Å². The van der Waals surface area contributed by atoms with Crippen LogP contribution in [-0.2, 0) is 14.3 Å². The summed E-state index contributed by atoms with van der Waals surface area (Å²) in [5.41, 5.74) is -1.62. The van der Waals surface area contributed by atoms with Gasteiger partial charge < -0.3 is 9.47 Å². The van der Waals surface area contributed by atoms with E-state index in [1.54, 1.807) is 21.5 Å². The normalized spacial score (nSPS) is 49.7. The summed E-state index contributed by atoms with van der Waals surface area (Å²) in [6, 6.07) is 8.18. The number of rotatable bonds is 1. The zero-order valence-corrected chi connectivity index (χ0v) is 20.2. The van der Waals surface area contributed by atoms with Crippen LogP contribution >= 0.6 is 0 Å². The van der Waals surface area contributed by atoms with E-state index in [-0.39, 0.29) is 34.5 Å². The number of ether oxygens (including phenoxy) is 2. The van der Waals surface area contributed by atoms with Gasteiger partial charge in [-0.25, -0.2) is 23.5 Å². The highest BCUT2D eigenvalue weighted by Crippen LogP contribution is 2.98. The zero-order valence-electron chi connectivity index (χ0n) is 20.2. The van der Waals surface area contributed by atoms with Crippen LogP contribution in [0.25, 0.3) is 5.69 Å². The van der Waals surface area contributed by atoms with Crippen molar-refractivity contribution in [2.75, 3.05) is 13.2 Å². The fraction of sp³-hybridized carbons (Fsp3) is 0.607. The van der Waals surface area contributed by atoms with Gasteiger partial charge >= 0.3 is 11.4 Å². The Kier molecular flexibility index (Phi) is 2.78. The van der Waals surface area contributed by atoms with E-state index in [1.165, 1.54) is 4.57 Å². The van der Waals surface area contributed by atoms with Crippen molar-refractivity contribution >= 4 is 5.78 Å². The maximum atomic E-state index is 14.5. The fourth-order valence-electron chi connectivity index (χ4n) is 11.6. The van der Waals surface area contributed by atoms with E-state index in [0.29, 0.717) is 42.4 Å². The van der Waals surface area contributed by atoms with Crippen molar-refractivity contribution < 1.29 is 14.3 Å². The van der Waals surface area contributed by atoms with Gasteiger partial charge in [-0.2, -0.15) is 0 Å². The number of benzene rings is 1. The summed E-state index contributed by atoms with van der Waals surface area (Å²) in [7, 11) is 0. The van der Waals surface area contributed by atoms with E-state index in [9.17, 15) is 14.4 Å². The van der Waals surface area contributed by atoms with Gasteiger partial charge in [-0.05, 0) is 42.2 Å². The van der Waals surface area contributed by atoms with Gasteiger partial charge in [0.2, 0.25) is 0 Å². The average molecular weight is 486 g/mol. The monoisotopic (exact) mass is 485 g/mol. The molecule has 2 aromatic rings. The van der Waals surface area contributed by atoms with E-state index >= 15 is 0 Å². The van der Waals surface area contributed by atoms with Crippen LogP contribution in [-0.4, -0.2) is 38.7 Å². The third-order valence-electron chi connectivity index (χ3n) is 11.9. The average Bonchev–Trinajstić information content (AvgIpc) is 3.50. The molecule has 1 aromatic carbocycles. The second-order valence-electron chi connectivity index (χ2n) is 13.4. The van der Waals surface area contributed by atoms with Crippen LogP contribution in [0.3, 0.4) is 0 Å². The smallest absolute Gasteiger partial charge is 0.348 e. The molecule has 4 bridgehead atoms. The molecule has 3 aliphatic heterocycles. The van der Waals surface area contributed by atoms with Crippen molar-refractivity contribution in [2.45, 2.75) is 38.1 Å². The summed E-state index contributed by atoms with van der Waals surface area (Å²) in [6.07, 6.45) is 5.19. The van der Waals surface area contributed by atoms with Crippen LogP contribution in [0.15, 0.2) is 52.1 Å². The summed E-state index contributed by atoms with van der Waals surface area (Å²) in [5.74, 6) is 0.754. The van der Waals surface area contributed by atoms with Gasteiger partial charge in [0.15, 0.2) is 5.79 Å². The molecule has 8 heteroatoms. The lowest BCUT2D eigenvalue weighted by atomic mass is 9.32. The Morgan fingerprint density at radius 3 is 2.22 bits per heavy atom. The minimum Gasteiger partial charge on any atom is -0.348 e. The molecule has 0 unspecified atom stereocenters. The molecule has 11 rings (SSSR count). The van der Waals surface area contributed by atoms with Gasteiger partial charge in [0.25, 0.3) is 0 Å². The molecule has 1 aromatic heterocycles. The summed E-state index contributed by atoms with van der Waals surface area (Å²) in [5, 5.41) is 0. The van der Waals surface area contributed by atoms with Crippen molar-refractivity contribution in [3.63, 3.8) is 0 Å². The molecular weight excluding hydrogens is 458 g/mol. The number of carbonyl (C=O) groups is 1. The van der Waals surface area contributed by atoms with Gasteiger partial charge in [-0.15, -0.1) is 0 Å². The molecule has 10 atom stereocenters. The Morgan fingerprint density at radius 1 is 0.833 bits per heavy atom.